The van der Waals surface area contributed by atoms with E-state index in [0.717, 1.165) is 5.39 Å². The van der Waals surface area contributed by atoms with Crippen molar-refractivity contribution in [3.63, 3.8) is 0 Å². The molecule has 3 aromatic carbocycles. The highest BCUT2D eigenvalue weighted by Crippen LogP contribution is 2.25. The molecular weight excluding hydrogens is 360 g/mol. The molecule has 4 rings (SSSR count). The minimum Gasteiger partial charge on any atom is -0.322 e. The molecular formula is C21H16N2O3S. The van der Waals surface area contributed by atoms with Crippen molar-refractivity contribution in [1.82, 2.24) is 3.97 Å². The number of anilines is 1. The van der Waals surface area contributed by atoms with Gasteiger partial charge in [-0.25, -0.2) is 12.4 Å². The Kier molecular flexibility index (Phi) is 4.25. The van der Waals surface area contributed by atoms with Crippen LogP contribution in [0.3, 0.4) is 0 Å². The first-order chi connectivity index (χ1) is 13.1. The van der Waals surface area contributed by atoms with Crippen LogP contribution >= 0.6 is 0 Å². The first-order valence-corrected chi connectivity index (χ1v) is 9.78. The van der Waals surface area contributed by atoms with Gasteiger partial charge in [-0.15, -0.1) is 0 Å². The monoisotopic (exact) mass is 376 g/mol. The van der Waals surface area contributed by atoms with Crippen molar-refractivity contribution < 1.29 is 13.2 Å². The molecule has 0 fully saturated rings. The van der Waals surface area contributed by atoms with Gasteiger partial charge in [0.05, 0.1) is 10.4 Å². The van der Waals surface area contributed by atoms with E-state index in [9.17, 15) is 13.2 Å². The maximum Gasteiger partial charge on any atom is 0.268 e. The van der Waals surface area contributed by atoms with Crippen molar-refractivity contribution in [2.45, 2.75) is 4.90 Å². The van der Waals surface area contributed by atoms with Crippen LogP contribution in [0.1, 0.15) is 10.4 Å². The van der Waals surface area contributed by atoms with E-state index in [1.165, 1.54) is 10.2 Å². The molecule has 5 nitrogen and oxygen atoms in total. The summed E-state index contributed by atoms with van der Waals surface area (Å²) in [6, 6.07) is 24.1. The number of rotatable bonds is 4. The summed E-state index contributed by atoms with van der Waals surface area (Å²) in [6.45, 7) is 0. The average molecular weight is 376 g/mol. The van der Waals surface area contributed by atoms with E-state index in [-0.39, 0.29) is 10.8 Å². The van der Waals surface area contributed by atoms with Gasteiger partial charge < -0.3 is 5.32 Å². The minimum absolute atomic E-state index is 0.216. The number of fused-ring (bicyclic) bond motifs is 1. The molecule has 6 heteroatoms. The second-order valence-electron chi connectivity index (χ2n) is 6.02. The smallest absolute Gasteiger partial charge is 0.268 e. The fourth-order valence-electron chi connectivity index (χ4n) is 2.90. The lowest BCUT2D eigenvalue weighted by Gasteiger charge is -2.09. The number of hydrogen-bond acceptors (Lipinski definition) is 3. The summed E-state index contributed by atoms with van der Waals surface area (Å²) in [5.41, 5.74) is 1.71. The van der Waals surface area contributed by atoms with Gasteiger partial charge in [0, 0.05) is 22.8 Å². The molecule has 134 valence electrons. The van der Waals surface area contributed by atoms with Crippen LogP contribution in [0.2, 0.25) is 0 Å². The molecule has 0 bridgehead atoms. The Labute approximate surface area is 156 Å². The van der Waals surface area contributed by atoms with E-state index in [0.29, 0.717) is 16.8 Å². The second kappa shape index (κ2) is 6.74. The lowest BCUT2D eigenvalue weighted by atomic mass is 10.2. The minimum atomic E-state index is -3.67. The van der Waals surface area contributed by atoms with Gasteiger partial charge in [0.1, 0.15) is 0 Å². The molecule has 0 saturated heterocycles. The van der Waals surface area contributed by atoms with E-state index in [2.05, 4.69) is 5.32 Å². The van der Waals surface area contributed by atoms with E-state index in [1.807, 2.05) is 6.07 Å². The van der Waals surface area contributed by atoms with Crippen molar-refractivity contribution in [2.24, 2.45) is 0 Å². The number of nitrogens with zero attached hydrogens (tertiary/aromatic N) is 1. The zero-order valence-electron chi connectivity index (χ0n) is 14.2. The zero-order chi connectivity index (χ0) is 18.9. The summed E-state index contributed by atoms with van der Waals surface area (Å²) in [4.78, 5) is 12.5. The summed E-state index contributed by atoms with van der Waals surface area (Å²) < 4.78 is 27.0. The van der Waals surface area contributed by atoms with Gasteiger partial charge in [0.15, 0.2) is 0 Å². The van der Waals surface area contributed by atoms with Crippen LogP contribution in [-0.2, 0) is 10.0 Å². The highest BCUT2D eigenvalue weighted by molar-refractivity contribution is 7.90. The normalized spacial score (nSPS) is 11.4. The summed E-state index contributed by atoms with van der Waals surface area (Å²) >= 11 is 0. The first-order valence-electron chi connectivity index (χ1n) is 8.34. The Bertz CT molecular complexity index is 1210. The highest BCUT2D eigenvalue weighted by atomic mass is 32.2. The lowest BCUT2D eigenvalue weighted by molar-refractivity contribution is 0.102. The molecule has 1 amide bonds. The Hall–Kier alpha value is -3.38. The number of aromatic nitrogens is 1. The third-order valence-electron chi connectivity index (χ3n) is 4.25. The Morgan fingerprint density at radius 3 is 2.19 bits per heavy atom. The van der Waals surface area contributed by atoms with Gasteiger partial charge >= 0.3 is 0 Å². The Morgan fingerprint density at radius 1 is 0.815 bits per heavy atom. The van der Waals surface area contributed by atoms with Crippen molar-refractivity contribution in [3.05, 3.63) is 96.7 Å². The van der Waals surface area contributed by atoms with Crippen LogP contribution in [-0.4, -0.2) is 18.3 Å². The van der Waals surface area contributed by atoms with E-state index in [4.69, 9.17) is 0 Å². The van der Waals surface area contributed by atoms with E-state index in [1.54, 1.807) is 78.9 Å². The number of carbonyl (C=O) groups excluding carboxylic acids is 1. The maximum absolute atomic E-state index is 12.8. The van der Waals surface area contributed by atoms with Crippen LogP contribution < -0.4 is 5.32 Å². The molecule has 0 atom stereocenters. The van der Waals surface area contributed by atoms with Gasteiger partial charge in [-0.1, -0.05) is 36.4 Å². The van der Waals surface area contributed by atoms with E-state index < -0.39 is 10.0 Å². The predicted octanol–water partition coefficient (Wildman–Crippen LogP) is 4.13. The van der Waals surface area contributed by atoms with Crippen molar-refractivity contribution in [1.29, 1.82) is 0 Å². The Balaban J connectivity index is 1.67. The number of benzene rings is 3. The summed E-state index contributed by atoms with van der Waals surface area (Å²) in [6.07, 6.45) is 1.52. The molecule has 0 unspecified atom stereocenters. The molecule has 1 aromatic heterocycles. The Morgan fingerprint density at radius 2 is 1.48 bits per heavy atom. The number of hydrogen-bond donors (Lipinski definition) is 1. The summed E-state index contributed by atoms with van der Waals surface area (Å²) in [7, 11) is -3.67. The SMILES string of the molecule is O=C(Nc1ccc2c(ccn2S(=O)(=O)c2ccccc2)c1)c1ccccc1. The molecule has 27 heavy (non-hydrogen) atoms. The molecule has 1 N–H and O–H groups in total. The zero-order valence-corrected chi connectivity index (χ0v) is 15.1. The molecule has 1 heterocycles. The van der Waals surface area contributed by atoms with E-state index >= 15 is 0 Å². The van der Waals surface area contributed by atoms with Crippen molar-refractivity contribution in [2.75, 3.05) is 5.32 Å². The van der Waals surface area contributed by atoms with Gasteiger partial charge in [-0.3, -0.25) is 4.79 Å². The number of amides is 1. The molecule has 0 aliphatic rings. The van der Waals surface area contributed by atoms with Gasteiger partial charge in [-0.05, 0) is 48.5 Å². The highest BCUT2D eigenvalue weighted by Gasteiger charge is 2.18. The average Bonchev–Trinajstić information content (AvgIpc) is 3.13. The maximum atomic E-state index is 12.8. The second-order valence-corrected chi connectivity index (χ2v) is 7.84. The van der Waals surface area contributed by atoms with Gasteiger partial charge in [0.2, 0.25) is 0 Å². The van der Waals surface area contributed by atoms with Crippen molar-refractivity contribution >= 4 is 32.5 Å². The van der Waals surface area contributed by atoms with Crippen LogP contribution in [0.15, 0.2) is 96.0 Å². The topological polar surface area (TPSA) is 68.2 Å². The number of carbonyl (C=O) groups is 1. The third-order valence-corrected chi connectivity index (χ3v) is 5.95. The van der Waals surface area contributed by atoms with Crippen LogP contribution in [0.4, 0.5) is 5.69 Å². The molecule has 0 aliphatic heterocycles. The molecule has 0 spiro atoms. The first kappa shape index (κ1) is 17.1. The fraction of sp³-hybridized carbons (Fsp3) is 0. The quantitative estimate of drug-likeness (QED) is 0.582. The molecule has 0 radical (unpaired) electrons. The van der Waals surface area contributed by atoms with Crippen LogP contribution in [0, 0.1) is 0 Å². The van der Waals surface area contributed by atoms with Crippen LogP contribution in [0.5, 0.6) is 0 Å². The molecule has 0 aliphatic carbocycles. The van der Waals surface area contributed by atoms with Crippen LogP contribution in [0.25, 0.3) is 10.9 Å². The molecule has 0 saturated carbocycles. The summed E-state index contributed by atoms with van der Waals surface area (Å²) in [5.74, 6) is -0.216. The standard InChI is InChI=1S/C21H16N2O3S/c24-21(16-7-3-1-4-8-16)22-18-11-12-20-17(15-18)13-14-23(20)27(25,26)19-9-5-2-6-10-19/h1-15H,(H,22,24). The number of nitrogens with one attached hydrogen (secondary N) is 1. The largest absolute Gasteiger partial charge is 0.322 e. The fourth-order valence-corrected chi connectivity index (χ4v) is 4.28. The van der Waals surface area contributed by atoms with Gasteiger partial charge in [-0.2, -0.15) is 0 Å². The van der Waals surface area contributed by atoms with Gasteiger partial charge in [0.25, 0.3) is 15.9 Å². The van der Waals surface area contributed by atoms with Crippen molar-refractivity contribution in [3.8, 4) is 0 Å². The molecule has 4 aromatic rings. The summed E-state index contributed by atoms with van der Waals surface area (Å²) in [5, 5.41) is 3.55. The third kappa shape index (κ3) is 3.22. The lowest BCUT2D eigenvalue weighted by Crippen LogP contribution is -2.12. The predicted molar refractivity (Wildman–Crippen MR) is 105 cm³/mol.